The lowest BCUT2D eigenvalue weighted by molar-refractivity contribution is 0.234. The Labute approximate surface area is 194 Å². The molecule has 0 unspecified atom stereocenters. The highest BCUT2D eigenvalue weighted by Crippen LogP contribution is 2.35. The van der Waals surface area contributed by atoms with Crippen molar-refractivity contribution < 1.29 is 13.6 Å². The molecule has 4 aromatic carbocycles. The van der Waals surface area contributed by atoms with Gasteiger partial charge in [-0.25, -0.2) is 4.79 Å². The Balaban J connectivity index is 1.38. The molecule has 0 saturated heterocycles. The predicted octanol–water partition coefficient (Wildman–Crippen LogP) is 7.53. The monoisotopic (exact) mass is 442 g/mol. The average molecular weight is 442 g/mol. The van der Waals surface area contributed by atoms with Crippen LogP contribution in [0.15, 0.2) is 105 Å². The van der Waals surface area contributed by atoms with E-state index in [1.54, 1.807) is 6.26 Å². The third kappa shape index (κ3) is 2.89. The highest BCUT2D eigenvalue weighted by molar-refractivity contribution is 6.09. The first-order valence-corrected chi connectivity index (χ1v) is 11.1. The zero-order valence-corrected chi connectivity index (χ0v) is 18.1. The first kappa shape index (κ1) is 18.9. The van der Waals surface area contributed by atoms with Crippen molar-refractivity contribution in [3.05, 3.63) is 113 Å². The molecule has 3 heterocycles. The molecule has 0 spiro atoms. The second-order valence-electron chi connectivity index (χ2n) is 8.50. The van der Waals surface area contributed by atoms with Crippen LogP contribution in [-0.2, 0) is 11.3 Å². The molecule has 2 aromatic heterocycles. The Bertz CT molecular complexity index is 1830. The molecule has 1 aliphatic rings. The number of ether oxygens (including phenoxy) is 1. The van der Waals surface area contributed by atoms with Gasteiger partial charge in [-0.15, -0.1) is 0 Å². The van der Waals surface area contributed by atoms with E-state index in [1.807, 2.05) is 66.7 Å². The van der Waals surface area contributed by atoms with Crippen molar-refractivity contribution in [2.45, 2.75) is 6.61 Å². The molecule has 6 aromatic rings. The van der Waals surface area contributed by atoms with Crippen LogP contribution in [0.1, 0.15) is 11.1 Å². The minimum Gasteiger partial charge on any atom is -0.496 e. The highest BCUT2D eigenvalue weighted by atomic mass is 16.5. The Morgan fingerprint density at radius 2 is 1.59 bits per heavy atom. The van der Waals surface area contributed by atoms with Crippen LogP contribution in [0, 0.1) is 0 Å². The molecule has 4 nitrogen and oxygen atoms in total. The Morgan fingerprint density at radius 3 is 2.56 bits per heavy atom. The highest BCUT2D eigenvalue weighted by Gasteiger charge is 2.15. The molecular formula is C30H18O4. The summed E-state index contributed by atoms with van der Waals surface area (Å²) in [6.45, 7) is 0.587. The van der Waals surface area contributed by atoms with Crippen LogP contribution < -0.4 is 5.63 Å². The van der Waals surface area contributed by atoms with E-state index < -0.39 is 0 Å². The van der Waals surface area contributed by atoms with Crippen molar-refractivity contribution in [2.24, 2.45) is 0 Å². The van der Waals surface area contributed by atoms with Gasteiger partial charge >= 0.3 is 5.63 Å². The summed E-state index contributed by atoms with van der Waals surface area (Å²) in [4.78, 5) is 13.0. The van der Waals surface area contributed by atoms with E-state index in [4.69, 9.17) is 13.6 Å². The van der Waals surface area contributed by atoms with Gasteiger partial charge in [0.25, 0.3) is 0 Å². The van der Waals surface area contributed by atoms with Crippen molar-refractivity contribution in [2.75, 3.05) is 0 Å². The summed E-state index contributed by atoms with van der Waals surface area (Å²) in [7, 11) is 0. The van der Waals surface area contributed by atoms with E-state index in [2.05, 4.69) is 24.3 Å². The van der Waals surface area contributed by atoms with Gasteiger partial charge in [0, 0.05) is 21.7 Å². The van der Waals surface area contributed by atoms with Gasteiger partial charge in [0.2, 0.25) is 0 Å². The van der Waals surface area contributed by atoms with Crippen molar-refractivity contribution in [1.29, 1.82) is 0 Å². The Kier molecular flexibility index (Phi) is 4.02. The third-order valence-electron chi connectivity index (χ3n) is 6.49. The maximum Gasteiger partial charge on any atom is 0.344 e. The molecule has 7 rings (SSSR count). The summed E-state index contributed by atoms with van der Waals surface area (Å²) in [5.41, 5.74) is 6.17. The Hall–Kier alpha value is -4.57. The summed E-state index contributed by atoms with van der Waals surface area (Å²) >= 11 is 0. The van der Waals surface area contributed by atoms with E-state index in [0.717, 1.165) is 55.3 Å². The minimum absolute atomic E-state index is 0.330. The van der Waals surface area contributed by atoms with Gasteiger partial charge in [0.05, 0.1) is 11.6 Å². The maximum absolute atomic E-state index is 13.0. The van der Waals surface area contributed by atoms with Crippen LogP contribution >= 0.6 is 0 Å². The van der Waals surface area contributed by atoms with Gasteiger partial charge in [0.15, 0.2) is 0 Å². The molecule has 34 heavy (non-hydrogen) atoms. The Morgan fingerprint density at radius 1 is 0.706 bits per heavy atom. The maximum atomic E-state index is 13.0. The molecule has 1 aliphatic heterocycles. The van der Waals surface area contributed by atoms with Crippen molar-refractivity contribution >= 4 is 38.8 Å². The molecule has 0 aliphatic carbocycles. The number of para-hydroxylation sites is 1. The van der Waals surface area contributed by atoms with Crippen LogP contribution in [0.2, 0.25) is 0 Å². The van der Waals surface area contributed by atoms with Gasteiger partial charge in [-0.1, -0.05) is 54.6 Å². The fourth-order valence-electron chi connectivity index (χ4n) is 4.81. The standard InChI is InChI=1S/C30H18O4/c31-30-29-23(5-3-6-25(29)24-4-1-2-7-27(24)34-30)19-10-11-26-22(15-19)16-28(33-26)20-8-9-21-17-32-13-12-18(21)14-20/h1-16H,17H2. The van der Waals surface area contributed by atoms with Crippen LogP contribution in [0.3, 0.4) is 0 Å². The first-order chi connectivity index (χ1) is 16.7. The fourth-order valence-corrected chi connectivity index (χ4v) is 4.81. The molecule has 0 N–H and O–H groups in total. The zero-order valence-electron chi connectivity index (χ0n) is 18.1. The normalized spacial score (nSPS) is 12.8. The SMILES string of the molecule is O=c1oc2ccccc2c2cccc(-c3ccc4oc(-c5ccc6c(c5)C=COC6)cc4c3)c12. The summed E-state index contributed by atoms with van der Waals surface area (Å²) in [5.74, 6) is 0.804. The van der Waals surface area contributed by atoms with E-state index in [0.29, 0.717) is 17.6 Å². The second kappa shape index (κ2) is 7.22. The number of hydrogen-bond donors (Lipinski definition) is 0. The topological polar surface area (TPSA) is 52.6 Å². The number of rotatable bonds is 2. The molecule has 0 atom stereocenters. The first-order valence-electron chi connectivity index (χ1n) is 11.1. The predicted molar refractivity (Wildman–Crippen MR) is 134 cm³/mol. The van der Waals surface area contributed by atoms with Crippen molar-refractivity contribution in [3.63, 3.8) is 0 Å². The van der Waals surface area contributed by atoms with E-state index in [-0.39, 0.29) is 5.63 Å². The smallest absolute Gasteiger partial charge is 0.344 e. The average Bonchev–Trinajstić information content (AvgIpc) is 3.32. The van der Waals surface area contributed by atoms with Gasteiger partial charge in [-0.05, 0) is 58.7 Å². The second-order valence-corrected chi connectivity index (χ2v) is 8.50. The lowest BCUT2D eigenvalue weighted by atomic mass is 9.97. The number of furan rings is 1. The number of fused-ring (bicyclic) bond motifs is 5. The lowest BCUT2D eigenvalue weighted by Crippen LogP contribution is -2.01. The third-order valence-corrected chi connectivity index (χ3v) is 6.49. The van der Waals surface area contributed by atoms with Crippen LogP contribution in [0.5, 0.6) is 0 Å². The molecule has 0 saturated carbocycles. The van der Waals surface area contributed by atoms with Crippen LogP contribution in [-0.4, -0.2) is 0 Å². The summed E-state index contributed by atoms with van der Waals surface area (Å²) < 4.78 is 17.2. The van der Waals surface area contributed by atoms with Gasteiger partial charge in [-0.3, -0.25) is 0 Å². The van der Waals surface area contributed by atoms with Crippen LogP contribution in [0.4, 0.5) is 0 Å². The van der Waals surface area contributed by atoms with Gasteiger partial charge < -0.3 is 13.6 Å². The zero-order chi connectivity index (χ0) is 22.6. The molecule has 4 heteroatoms. The van der Waals surface area contributed by atoms with E-state index >= 15 is 0 Å². The van der Waals surface area contributed by atoms with E-state index in [9.17, 15) is 4.79 Å². The van der Waals surface area contributed by atoms with Crippen molar-refractivity contribution in [3.8, 4) is 22.5 Å². The van der Waals surface area contributed by atoms with Crippen molar-refractivity contribution in [1.82, 2.24) is 0 Å². The summed E-state index contributed by atoms with van der Waals surface area (Å²) in [5, 5.41) is 3.39. The van der Waals surface area contributed by atoms with Crippen LogP contribution in [0.25, 0.3) is 61.2 Å². The fraction of sp³-hybridized carbons (Fsp3) is 0.0333. The molecule has 0 fully saturated rings. The number of hydrogen-bond acceptors (Lipinski definition) is 4. The summed E-state index contributed by atoms with van der Waals surface area (Å²) in [6.07, 6.45) is 3.69. The van der Waals surface area contributed by atoms with Gasteiger partial charge in [-0.2, -0.15) is 0 Å². The molecule has 0 radical (unpaired) electrons. The molecular weight excluding hydrogens is 424 g/mol. The number of benzene rings is 4. The van der Waals surface area contributed by atoms with Gasteiger partial charge in [0.1, 0.15) is 23.5 Å². The quantitative estimate of drug-likeness (QED) is 0.205. The largest absolute Gasteiger partial charge is 0.496 e. The lowest BCUT2D eigenvalue weighted by Gasteiger charge is -2.12. The van der Waals surface area contributed by atoms with E-state index in [1.165, 1.54) is 0 Å². The molecule has 162 valence electrons. The molecule has 0 amide bonds. The minimum atomic E-state index is -0.330. The summed E-state index contributed by atoms with van der Waals surface area (Å²) in [6, 6.07) is 27.9. The molecule has 0 bridgehead atoms.